The molecular formula is C19H27N3O2. The lowest BCUT2D eigenvalue weighted by Gasteiger charge is -2.28. The molecule has 5 nitrogen and oxygen atoms in total. The van der Waals surface area contributed by atoms with Crippen molar-refractivity contribution in [2.24, 2.45) is 5.73 Å². The summed E-state index contributed by atoms with van der Waals surface area (Å²) in [4.78, 5) is 24.1. The first-order chi connectivity index (χ1) is 11.5. The lowest BCUT2D eigenvalue weighted by Crippen LogP contribution is -2.58. The summed E-state index contributed by atoms with van der Waals surface area (Å²) < 4.78 is 0. The van der Waals surface area contributed by atoms with Crippen molar-refractivity contribution >= 4 is 11.9 Å². The van der Waals surface area contributed by atoms with Crippen molar-refractivity contribution in [3.05, 3.63) is 34.9 Å². The Labute approximate surface area is 143 Å². The molecular weight excluding hydrogens is 302 g/mol. The van der Waals surface area contributed by atoms with Gasteiger partial charge in [-0.25, -0.2) is 4.79 Å². The molecule has 1 aromatic rings. The van der Waals surface area contributed by atoms with Crippen LogP contribution >= 0.6 is 0 Å². The molecule has 1 fully saturated rings. The van der Waals surface area contributed by atoms with E-state index in [9.17, 15) is 9.59 Å². The second-order valence-corrected chi connectivity index (χ2v) is 7.21. The van der Waals surface area contributed by atoms with Gasteiger partial charge in [0.15, 0.2) is 0 Å². The summed E-state index contributed by atoms with van der Waals surface area (Å²) in [5, 5.41) is 5.78. The Morgan fingerprint density at radius 3 is 2.42 bits per heavy atom. The number of nitrogens with one attached hydrogen (secondary N) is 2. The topological polar surface area (TPSA) is 84.2 Å². The highest BCUT2D eigenvalue weighted by molar-refractivity contribution is 5.90. The zero-order valence-electron chi connectivity index (χ0n) is 14.4. The number of amides is 3. The third kappa shape index (κ3) is 3.40. The Kier molecular flexibility index (Phi) is 4.78. The standard InChI is InChI=1S/C19H27N3O2/c1-13(15-9-8-14-6-2-3-7-16(14)12-15)21-18(24)22-19(17(20)23)10-4-5-11-19/h8-9,12-13H,2-7,10-11H2,1H3,(H2,20,23)(H2,21,22,24)/t13-/m1/s1. The maximum absolute atomic E-state index is 12.4. The van der Waals surface area contributed by atoms with Crippen LogP contribution in [0.3, 0.4) is 0 Å². The highest BCUT2D eigenvalue weighted by Gasteiger charge is 2.41. The fourth-order valence-corrected chi connectivity index (χ4v) is 3.97. The van der Waals surface area contributed by atoms with Gasteiger partial charge in [0.05, 0.1) is 6.04 Å². The number of benzene rings is 1. The van der Waals surface area contributed by atoms with E-state index in [1.807, 2.05) is 6.92 Å². The lowest BCUT2D eigenvalue weighted by atomic mass is 9.89. The molecule has 1 aromatic carbocycles. The second kappa shape index (κ2) is 6.83. The van der Waals surface area contributed by atoms with Crippen LogP contribution in [-0.2, 0) is 17.6 Å². The molecule has 0 saturated heterocycles. The number of hydrogen-bond donors (Lipinski definition) is 3. The summed E-state index contributed by atoms with van der Waals surface area (Å²) in [6.45, 7) is 1.97. The SMILES string of the molecule is C[C@@H](NC(=O)NC1(C(N)=O)CCCC1)c1ccc2c(c1)CCCC2. The Bertz CT molecular complexity index is 635. The van der Waals surface area contributed by atoms with Crippen LogP contribution in [0.25, 0.3) is 0 Å². The molecule has 2 aliphatic rings. The van der Waals surface area contributed by atoms with Crippen LogP contribution < -0.4 is 16.4 Å². The van der Waals surface area contributed by atoms with Crippen molar-refractivity contribution in [3.63, 3.8) is 0 Å². The maximum Gasteiger partial charge on any atom is 0.316 e. The quantitative estimate of drug-likeness (QED) is 0.793. The zero-order valence-corrected chi connectivity index (χ0v) is 14.4. The van der Waals surface area contributed by atoms with Gasteiger partial charge in [0.1, 0.15) is 5.54 Å². The third-order valence-electron chi connectivity index (χ3n) is 5.50. The predicted molar refractivity (Wildman–Crippen MR) is 93.6 cm³/mol. The van der Waals surface area contributed by atoms with Gasteiger partial charge in [-0.05, 0) is 62.1 Å². The molecule has 0 unspecified atom stereocenters. The fourth-order valence-electron chi connectivity index (χ4n) is 3.97. The van der Waals surface area contributed by atoms with Crippen LogP contribution in [0.4, 0.5) is 4.79 Å². The molecule has 0 spiro atoms. The van der Waals surface area contributed by atoms with E-state index in [4.69, 9.17) is 5.73 Å². The minimum atomic E-state index is -0.875. The van der Waals surface area contributed by atoms with Crippen LogP contribution in [0.1, 0.15) is 68.2 Å². The minimum Gasteiger partial charge on any atom is -0.368 e. The Balaban J connectivity index is 1.65. The van der Waals surface area contributed by atoms with E-state index < -0.39 is 11.4 Å². The monoisotopic (exact) mass is 329 g/mol. The zero-order chi connectivity index (χ0) is 17.2. The second-order valence-electron chi connectivity index (χ2n) is 7.21. The van der Waals surface area contributed by atoms with E-state index in [-0.39, 0.29) is 12.1 Å². The van der Waals surface area contributed by atoms with Crippen LogP contribution in [0.5, 0.6) is 0 Å². The van der Waals surface area contributed by atoms with Crippen molar-refractivity contribution in [2.45, 2.75) is 69.9 Å². The molecule has 2 aliphatic carbocycles. The summed E-state index contributed by atoms with van der Waals surface area (Å²) in [6.07, 6.45) is 7.86. The number of hydrogen-bond acceptors (Lipinski definition) is 2. The van der Waals surface area contributed by atoms with Crippen molar-refractivity contribution < 1.29 is 9.59 Å². The van der Waals surface area contributed by atoms with E-state index in [0.29, 0.717) is 12.8 Å². The summed E-state index contributed by atoms with van der Waals surface area (Å²) in [5.74, 6) is -0.434. The molecule has 0 bridgehead atoms. The highest BCUT2D eigenvalue weighted by atomic mass is 16.2. The number of primary amides is 1. The number of carbonyl (C=O) groups excluding carboxylic acids is 2. The highest BCUT2D eigenvalue weighted by Crippen LogP contribution is 2.29. The largest absolute Gasteiger partial charge is 0.368 e. The van der Waals surface area contributed by atoms with Gasteiger partial charge in [-0.2, -0.15) is 0 Å². The molecule has 3 amide bonds. The summed E-state index contributed by atoms with van der Waals surface area (Å²) in [5.41, 5.74) is 8.58. The number of rotatable bonds is 4. The minimum absolute atomic E-state index is 0.108. The van der Waals surface area contributed by atoms with Gasteiger partial charge in [-0.15, -0.1) is 0 Å². The third-order valence-corrected chi connectivity index (χ3v) is 5.50. The molecule has 5 heteroatoms. The van der Waals surface area contributed by atoms with Crippen LogP contribution in [0.2, 0.25) is 0 Å². The van der Waals surface area contributed by atoms with Gasteiger partial charge in [0.2, 0.25) is 5.91 Å². The summed E-state index contributed by atoms with van der Waals surface area (Å²) in [7, 11) is 0. The fraction of sp³-hybridized carbons (Fsp3) is 0.579. The average Bonchev–Trinajstić information content (AvgIpc) is 3.04. The number of nitrogens with two attached hydrogens (primary N) is 1. The first-order valence-corrected chi connectivity index (χ1v) is 9.00. The maximum atomic E-state index is 12.4. The number of aryl methyl sites for hydroxylation is 2. The van der Waals surface area contributed by atoms with Crippen molar-refractivity contribution in [1.29, 1.82) is 0 Å². The normalized spacial score (nSPS) is 20.0. The van der Waals surface area contributed by atoms with Gasteiger partial charge in [-0.1, -0.05) is 31.0 Å². The van der Waals surface area contributed by atoms with E-state index in [1.165, 1.54) is 24.0 Å². The number of urea groups is 1. The molecule has 0 heterocycles. The van der Waals surface area contributed by atoms with Crippen LogP contribution in [-0.4, -0.2) is 17.5 Å². The van der Waals surface area contributed by atoms with E-state index in [0.717, 1.165) is 31.2 Å². The van der Waals surface area contributed by atoms with Gasteiger partial charge >= 0.3 is 6.03 Å². The molecule has 0 aliphatic heterocycles. The molecule has 0 radical (unpaired) electrons. The van der Waals surface area contributed by atoms with Crippen LogP contribution in [0, 0.1) is 0 Å². The first kappa shape index (κ1) is 16.8. The van der Waals surface area contributed by atoms with Gasteiger partial charge < -0.3 is 16.4 Å². The molecule has 24 heavy (non-hydrogen) atoms. The van der Waals surface area contributed by atoms with Crippen LogP contribution in [0.15, 0.2) is 18.2 Å². The van der Waals surface area contributed by atoms with Crippen molar-refractivity contribution in [2.75, 3.05) is 0 Å². The van der Waals surface area contributed by atoms with Gasteiger partial charge in [-0.3, -0.25) is 4.79 Å². The van der Waals surface area contributed by atoms with E-state index in [2.05, 4.69) is 28.8 Å². The molecule has 1 saturated carbocycles. The van der Waals surface area contributed by atoms with Crippen molar-refractivity contribution in [1.82, 2.24) is 10.6 Å². The van der Waals surface area contributed by atoms with E-state index >= 15 is 0 Å². The predicted octanol–water partition coefficient (Wildman–Crippen LogP) is 2.72. The molecule has 0 aromatic heterocycles. The Hall–Kier alpha value is -2.04. The lowest BCUT2D eigenvalue weighted by molar-refractivity contribution is -0.123. The number of carbonyl (C=O) groups is 2. The van der Waals surface area contributed by atoms with E-state index in [1.54, 1.807) is 0 Å². The van der Waals surface area contributed by atoms with Gasteiger partial charge in [0, 0.05) is 0 Å². The molecule has 4 N–H and O–H groups in total. The number of fused-ring (bicyclic) bond motifs is 1. The Morgan fingerprint density at radius 2 is 1.75 bits per heavy atom. The Morgan fingerprint density at radius 1 is 1.08 bits per heavy atom. The average molecular weight is 329 g/mol. The molecule has 130 valence electrons. The molecule has 1 atom stereocenters. The first-order valence-electron chi connectivity index (χ1n) is 9.00. The summed E-state index contributed by atoms with van der Waals surface area (Å²) in [6, 6.07) is 6.05. The van der Waals surface area contributed by atoms with Crippen molar-refractivity contribution in [3.8, 4) is 0 Å². The molecule has 3 rings (SSSR count). The van der Waals surface area contributed by atoms with Gasteiger partial charge in [0.25, 0.3) is 0 Å². The summed E-state index contributed by atoms with van der Waals surface area (Å²) >= 11 is 0. The smallest absolute Gasteiger partial charge is 0.316 e.